The Kier molecular flexibility index (Phi) is 3.86. The SMILES string of the molecule is Cc1ccc(C)c(/C=C/C=C/C(=O)O)c1. The smallest absolute Gasteiger partial charge is 0.328 e. The molecular formula is C13H14O2. The van der Waals surface area contributed by atoms with Gasteiger partial charge >= 0.3 is 5.97 Å². The molecule has 0 aliphatic carbocycles. The second kappa shape index (κ2) is 5.15. The summed E-state index contributed by atoms with van der Waals surface area (Å²) in [4.78, 5) is 10.2. The third-order valence-electron chi connectivity index (χ3n) is 2.06. The number of rotatable bonds is 3. The second-order valence-corrected chi connectivity index (χ2v) is 3.42. The van der Waals surface area contributed by atoms with Gasteiger partial charge in [-0.15, -0.1) is 0 Å². The number of aryl methyl sites for hydroxylation is 2. The van der Waals surface area contributed by atoms with Gasteiger partial charge in [-0.05, 0) is 25.0 Å². The molecule has 1 N–H and O–H groups in total. The molecule has 2 heteroatoms. The van der Waals surface area contributed by atoms with E-state index in [9.17, 15) is 4.79 Å². The number of hydrogen-bond donors (Lipinski definition) is 1. The second-order valence-electron chi connectivity index (χ2n) is 3.42. The highest BCUT2D eigenvalue weighted by Gasteiger charge is 1.92. The number of hydrogen-bond acceptors (Lipinski definition) is 1. The van der Waals surface area contributed by atoms with E-state index < -0.39 is 5.97 Å². The summed E-state index contributed by atoms with van der Waals surface area (Å²) < 4.78 is 0. The fourth-order valence-electron chi connectivity index (χ4n) is 1.24. The number of aliphatic carboxylic acids is 1. The summed E-state index contributed by atoms with van der Waals surface area (Å²) in [6.45, 7) is 4.06. The molecule has 0 amide bonds. The van der Waals surface area contributed by atoms with E-state index in [4.69, 9.17) is 5.11 Å². The molecule has 0 bridgehead atoms. The minimum Gasteiger partial charge on any atom is -0.478 e. The third-order valence-corrected chi connectivity index (χ3v) is 2.06. The van der Waals surface area contributed by atoms with E-state index in [0.29, 0.717) is 0 Å². The van der Waals surface area contributed by atoms with Gasteiger partial charge in [-0.25, -0.2) is 4.79 Å². The van der Waals surface area contributed by atoms with Gasteiger partial charge < -0.3 is 5.11 Å². The van der Waals surface area contributed by atoms with Crippen molar-refractivity contribution in [1.29, 1.82) is 0 Å². The minimum atomic E-state index is -0.930. The van der Waals surface area contributed by atoms with Crippen LogP contribution >= 0.6 is 0 Å². The fraction of sp³-hybridized carbons (Fsp3) is 0.154. The topological polar surface area (TPSA) is 37.3 Å². The van der Waals surface area contributed by atoms with Gasteiger partial charge in [-0.3, -0.25) is 0 Å². The highest BCUT2D eigenvalue weighted by molar-refractivity contribution is 5.80. The Hall–Kier alpha value is -1.83. The Bertz CT molecular complexity index is 415. The summed E-state index contributed by atoms with van der Waals surface area (Å²) in [5.74, 6) is -0.930. The molecule has 0 unspecified atom stereocenters. The van der Waals surface area contributed by atoms with E-state index in [1.54, 1.807) is 6.08 Å². The van der Waals surface area contributed by atoms with Gasteiger partial charge in [0.1, 0.15) is 0 Å². The summed E-state index contributed by atoms with van der Waals surface area (Å²) >= 11 is 0. The molecule has 78 valence electrons. The maximum atomic E-state index is 10.2. The lowest BCUT2D eigenvalue weighted by Gasteiger charge is -2.00. The monoisotopic (exact) mass is 202 g/mol. The maximum Gasteiger partial charge on any atom is 0.328 e. The Labute approximate surface area is 89.6 Å². The number of carboxylic acids is 1. The average Bonchev–Trinajstić information content (AvgIpc) is 2.17. The van der Waals surface area contributed by atoms with Crippen molar-refractivity contribution in [3.63, 3.8) is 0 Å². The molecule has 0 atom stereocenters. The minimum absolute atomic E-state index is 0.930. The van der Waals surface area contributed by atoms with Crippen LogP contribution in [0, 0.1) is 13.8 Å². The van der Waals surface area contributed by atoms with Crippen LogP contribution in [0.5, 0.6) is 0 Å². The molecule has 0 radical (unpaired) electrons. The predicted molar refractivity (Wildman–Crippen MR) is 61.7 cm³/mol. The van der Waals surface area contributed by atoms with Gasteiger partial charge in [-0.2, -0.15) is 0 Å². The van der Waals surface area contributed by atoms with Gasteiger partial charge in [-0.1, -0.05) is 42.0 Å². The van der Waals surface area contributed by atoms with Gasteiger partial charge in [0.2, 0.25) is 0 Å². The van der Waals surface area contributed by atoms with Crippen molar-refractivity contribution in [2.24, 2.45) is 0 Å². The fourth-order valence-corrected chi connectivity index (χ4v) is 1.24. The van der Waals surface area contributed by atoms with Crippen molar-refractivity contribution in [2.75, 3.05) is 0 Å². The highest BCUT2D eigenvalue weighted by atomic mass is 16.4. The van der Waals surface area contributed by atoms with E-state index >= 15 is 0 Å². The Balaban J connectivity index is 2.80. The molecular weight excluding hydrogens is 188 g/mol. The first-order valence-corrected chi connectivity index (χ1v) is 4.74. The average molecular weight is 202 g/mol. The van der Waals surface area contributed by atoms with Crippen molar-refractivity contribution in [3.05, 3.63) is 53.1 Å². The van der Waals surface area contributed by atoms with E-state index in [0.717, 1.165) is 11.6 Å². The number of benzene rings is 1. The summed E-state index contributed by atoms with van der Waals surface area (Å²) in [5, 5.41) is 8.39. The lowest BCUT2D eigenvalue weighted by molar-refractivity contribution is -0.131. The van der Waals surface area contributed by atoms with Crippen molar-refractivity contribution >= 4 is 12.0 Å². The van der Waals surface area contributed by atoms with Crippen LogP contribution in [-0.4, -0.2) is 11.1 Å². The normalized spacial score (nSPS) is 11.3. The maximum absolute atomic E-state index is 10.2. The van der Waals surface area contributed by atoms with Crippen LogP contribution in [0.2, 0.25) is 0 Å². The van der Waals surface area contributed by atoms with Crippen LogP contribution in [0.25, 0.3) is 6.08 Å². The number of carbonyl (C=O) groups is 1. The molecule has 2 nitrogen and oxygen atoms in total. The van der Waals surface area contributed by atoms with Crippen LogP contribution in [0.4, 0.5) is 0 Å². The highest BCUT2D eigenvalue weighted by Crippen LogP contribution is 2.12. The zero-order valence-electron chi connectivity index (χ0n) is 8.90. The van der Waals surface area contributed by atoms with Crippen molar-refractivity contribution < 1.29 is 9.90 Å². The van der Waals surface area contributed by atoms with E-state index in [2.05, 4.69) is 18.2 Å². The van der Waals surface area contributed by atoms with E-state index in [1.165, 1.54) is 17.2 Å². The molecule has 1 aromatic carbocycles. The third kappa shape index (κ3) is 3.81. The summed E-state index contributed by atoms with van der Waals surface area (Å²) in [6, 6.07) is 6.18. The van der Waals surface area contributed by atoms with Gasteiger partial charge in [0.05, 0.1) is 0 Å². The summed E-state index contributed by atoms with van der Waals surface area (Å²) in [7, 11) is 0. The van der Waals surface area contributed by atoms with Crippen molar-refractivity contribution in [2.45, 2.75) is 13.8 Å². The number of carboxylic acid groups (broad SMARTS) is 1. The molecule has 1 aromatic rings. The van der Waals surface area contributed by atoms with Gasteiger partial charge in [0, 0.05) is 6.08 Å². The molecule has 0 aromatic heterocycles. The molecule has 0 aliphatic heterocycles. The quantitative estimate of drug-likeness (QED) is 0.604. The first-order chi connectivity index (χ1) is 7.09. The van der Waals surface area contributed by atoms with Crippen LogP contribution in [-0.2, 0) is 4.79 Å². The van der Waals surface area contributed by atoms with Gasteiger partial charge in [0.25, 0.3) is 0 Å². The lowest BCUT2D eigenvalue weighted by atomic mass is 10.1. The molecule has 0 saturated carbocycles. The summed E-state index contributed by atoms with van der Waals surface area (Å²) in [6.07, 6.45) is 6.27. The molecule has 0 aliphatic rings. The zero-order valence-corrected chi connectivity index (χ0v) is 8.90. The molecule has 0 fully saturated rings. The van der Waals surface area contributed by atoms with Gasteiger partial charge in [0.15, 0.2) is 0 Å². The Morgan fingerprint density at radius 2 is 2.00 bits per heavy atom. The molecule has 0 heterocycles. The first-order valence-electron chi connectivity index (χ1n) is 4.74. The molecule has 15 heavy (non-hydrogen) atoms. The van der Waals surface area contributed by atoms with Crippen LogP contribution < -0.4 is 0 Å². The van der Waals surface area contributed by atoms with Crippen molar-refractivity contribution in [3.8, 4) is 0 Å². The van der Waals surface area contributed by atoms with E-state index in [-0.39, 0.29) is 0 Å². The van der Waals surface area contributed by atoms with Crippen LogP contribution in [0.15, 0.2) is 36.4 Å². The molecule has 1 rings (SSSR count). The standard InChI is InChI=1S/C13H14O2/c1-10-7-8-11(2)12(9-10)5-3-4-6-13(14)15/h3-9H,1-2H3,(H,14,15)/b5-3+,6-4+. The predicted octanol–water partition coefficient (Wildman–Crippen LogP) is 2.96. The lowest BCUT2D eigenvalue weighted by Crippen LogP contribution is -1.84. The molecule has 0 spiro atoms. The Morgan fingerprint density at radius 1 is 1.27 bits per heavy atom. The van der Waals surface area contributed by atoms with E-state index in [1.807, 2.05) is 19.9 Å². The molecule has 0 saturated heterocycles. The largest absolute Gasteiger partial charge is 0.478 e. The van der Waals surface area contributed by atoms with Crippen molar-refractivity contribution in [1.82, 2.24) is 0 Å². The van der Waals surface area contributed by atoms with Crippen LogP contribution in [0.1, 0.15) is 16.7 Å². The first kappa shape index (κ1) is 11.2. The summed E-state index contributed by atoms with van der Waals surface area (Å²) in [5.41, 5.74) is 3.49. The zero-order chi connectivity index (χ0) is 11.3. The Morgan fingerprint density at radius 3 is 2.67 bits per heavy atom. The number of allylic oxidation sites excluding steroid dienone is 2. The van der Waals surface area contributed by atoms with Crippen LogP contribution in [0.3, 0.4) is 0 Å².